The molecule has 3 nitrogen and oxygen atoms in total. The number of fused-ring (bicyclic) bond motifs is 1. The van der Waals surface area contributed by atoms with E-state index in [2.05, 4.69) is 41.2 Å². The van der Waals surface area contributed by atoms with Crippen LogP contribution in [0.15, 0.2) is 24.3 Å². The van der Waals surface area contributed by atoms with E-state index in [0.29, 0.717) is 11.3 Å². The Bertz CT molecular complexity index is 505. The van der Waals surface area contributed by atoms with Gasteiger partial charge in [-0.05, 0) is 36.6 Å². The lowest BCUT2D eigenvalue weighted by Crippen LogP contribution is -2.53. The maximum atomic E-state index is 12.6. The minimum atomic E-state index is -0.0793. The molecule has 21 heavy (non-hydrogen) atoms. The second-order valence-corrected chi connectivity index (χ2v) is 7.16. The van der Waals surface area contributed by atoms with Gasteiger partial charge in [-0.1, -0.05) is 37.1 Å². The lowest BCUT2D eigenvalue weighted by Gasteiger charge is -2.33. The van der Waals surface area contributed by atoms with Crippen molar-refractivity contribution < 1.29 is 4.79 Å². The summed E-state index contributed by atoms with van der Waals surface area (Å²) in [5.74, 6) is 0.176. The smallest absolute Gasteiger partial charge is 0.237 e. The van der Waals surface area contributed by atoms with Crippen molar-refractivity contribution in [1.29, 1.82) is 0 Å². The van der Waals surface area contributed by atoms with Crippen LogP contribution in [-0.4, -0.2) is 29.5 Å². The van der Waals surface area contributed by atoms with Crippen LogP contribution in [0.25, 0.3) is 0 Å². The van der Waals surface area contributed by atoms with E-state index >= 15 is 0 Å². The molecule has 2 aliphatic rings. The maximum absolute atomic E-state index is 12.6. The number of amides is 1. The van der Waals surface area contributed by atoms with Crippen molar-refractivity contribution in [2.24, 2.45) is 0 Å². The van der Waals surface area contributed by atoms with Crippen LogP contribution >= 0.6 is 11.8 Å². The van der Waals surface area contributed by atoms with Crippen LogP contribution in [-0.2, 0) is 17.8 Å². The Morgan fingerprint density at radius 1 is 1.24 bits per heavy atom. The Labute approximate surface area is 131 Å². The molecule has 2 N–H and O–H groups in total. The molecule has 1 amide bonds. The minimum Gasteiger partial charge on any atom is -0.351 e. The number of rotatable bonds is 3. The molecule has 0 aromatic heterocycles. The van der Waals surface area contributed by atoms with Gasteiger partial charge in [-0.2, -0.15) is 11.8 Å². The lowest BCUT2D eigenvalue weighted by atomic mass is 9.93. The monoisotopic (exact) mass is 304 g/mol. The third kappa shape index (κ3) is 3.43. The molecule has 0 spiro atoms. The summed E-state index contributed by atoms with van der Waals surface area (Å²) in [6, 6.07) is 8.67. The SMILES string of the molecule is CSC1CCCCC1NC(=O)C1Cc2ccccc2CN1. The Kier molecular flexibility index (Phi) is 4.86. The molecule has 1 fully saturated rings. The van der Waals surface area contributed by atoms with Gasteiger partial charge < -0.3 is 10.6 Å². The molecule has 1 aromatic carbocycles. The van der Waals surface area contributed by atoms with Crippen LogP contribution in [0.1, 0.15) is 36.8 Å². The third-order valence-electron chi connectivity index (χ3n) is 4.73. The van der Waals surface area contributed by atoms with Crippen molar-refractivity contribution in [2.75, 3.05) is 6.26 Å². The van der Waals surface area contributed by atoms with E-state index in [1.165, 1.54) is 30.4 Å². The Balaban J connectivity index is 1.61. The fraction of sp³-hybridized carbons (Fsp3) is 0.588. The zero-order valence-electron chi connectivity index (χ0n) is 12.6. The average Bonchev–Trinajstić information content (AvgIpc) is 2.55. The number of hydrogen-bond donors (Lipinski definition) is 2. The van der Waals surface area contributed by atoms with Crippen molar-refractivity contribution in [3.63, 3.8) is 0 Å². The predicted molar refractivity (Wildman–Crippen MR) is 88.5 cm³/mol. The fourth-order valence-electron chi connectivity index (χ4n) is 3.47. The summed E-state index contributed by atoms with van der Waals surface area (Å²) in [6.07, 6.45) is 7.85. The molecular formula is C17H24N2OS. The summed E-state index contributed by atoms with van der Waals surface area (Å²) in [4.78, 5) is 12.6. The Morgan fingerprint density at radius 2 is 2.00 bits per heavy atom. The molecule has 0 bridgehead atoms. The van der Waals surface area contributed by atoms with Gasteiger partial charge in [0.15, 0.2) is 0 Å². The summed E-state index contributed by atoms with van der Waals surface area (Å²) >= 11 is 1.90. The van der Waals surface area contributed by atoms with Crippen molar-refractivity contribution in [3.05, 3.63) is 35.4 Å². The van der Waals surface area contributed by atoms with Gasteiger partial charge in [0.2, 0.25) is 5.91 Å². The molecule has 114 valence electrons. The van der Waals surface area contributed by atoms with E-state index in [-0.39, 0.29) is 11.9 Å². The summed E-state index contributed by atoms with van der Waals surface area (Å²) < 4.78 is 0. The summed E-state index contributed by atoms with van der Waals surface area (Å²) in [5.41, 5.74) is 2.63. The third-order valence-corrected chi connectivity index (χ3v) is 5.90. The fourth-order valence-corrected chi connectivity index (χ4v) is 4.40. The topological polar surface area (TPSA) is 41.1 Å². The molecule has 4 heteroatoms. The molecule has 3 unspecified atom stereocenters. The largest absolute Gasteiger partial charge is 0.351 e. The quantitative estimate of drug-likeness (QED) is 0.901. The van der Waals surface area contributed by atoms with Gasteiger partial charge >= 0.3 is 0 Å². The number of carbonyl (C=O) groups excluding carboxylic acids is 1. The standard InChI is InChI=1S/C17H24N2OS/c1-21-16-9-5-4-8-14(16)19-17(20)15-10-12-6-2-3-7-13(12)11-18-15/h2-3,6-7,14-16,18H,4-5,8-11H2,1H3,(H,19,20). The lowest BCUT2D eigenvalue weighted by molar-refractivity contribution is -0.124. The molecule has 1 aromatic rings. The number of thioether (sulfide) groups is 1. The van der Waals surface area contributed by atoms with Gasteiger partial charge in [-0.15, -0.1) is 0 Å². The normalized spacial score (nSPS) is 28.7. The first kappa shape index (κ1) is 14.9. The van der Waals surface area contributed by atoms with Gasteiger partial charge in [-0.3, -0.25) is 4.79 Å². The van der Waals surface area contributed by atoms with Gasteiger partial charge in [0.25, 0.3) is 0 Å². The molecule has 3 atom stereocenters. The van der Waals surface area contributed by atoms with Crippen LogP contribution in [0.4, 0.5) is 0 Å². The van der Waals surface area contributed by atoms with Crippen molar-refractivity contribution in [2.45, 2.75) is 56.0 Å². The van der Waals surface area contributed by atoms with E-state index in [0.717, 1.165) is 19.4 Å². The average molecular weight is 304 g/mol. The van der Waals surface area contributed by atoms with E-state index < -0.39 is 0 Å². The van der Waals surface area contributed by atoms with Crippen molar-refractivity contribution in [1.82, 2.24) is 10.6 Å². The number of hydrogen-bond acceptors (Lipinski definition) is 3. The van der Waals surface area contributed by atoms with Gasteiger partial charge in [0.1, 0.15) is 0 Å². The number of carbonyl (C=O) groups is 1. The molecule has 1 aliphatic carbocycles. The summed E-state index contributed by atoms with van der Waals surface area (Å²) in [7, 11) is 0. The van der Waals surface area contributed by atoms with Gasteiger partial charge in [-0.25, -0.2) is 0 Å². The minimum absolute atomic E-state index is 0.0793. The highest BCUT2D eigenvalue weighted by Gasteiger charge is 2.29. The molecule has 0 saturated heterocycles. The second-order valence-electron chi connectivity index (χ2n) is 6.08. The highest BCUT2D eigenvalue weighted by molar-refractivity contribution is 7.99. The van der Waals surface area contributed by atoms with Crippen LogP contribution in [0.2, 0.25) is 0 Å². The molecule has 1 aliphatic heterocycles. The van der Waals surface area contributed by atoms with Gasteiger partial charge in [0, 0.05) is 17.8 Å². The maximum Gasteiger partial charge on any atom is 0.237 e. The summed E-state index contributed by atoms with van der Waals surface area (Å²) in [5, 5.41) is 7.26. The van der Waals surface area contributed by atoms with Crippen molar-refractivity contribution in [3.8, 4) is 0 Å². The van der Waals surface area contributed by atoms with Crippen LogP contribution < -0.4 is 10.6 Å². The van der Waals surface area contributed by atoms with Gasteiger partial charge in [0.05, 0.1) is 6.04 Å². The first-order chi connectivity index (χ1) is 10.3. The van der Waals surface area contributed by atoms with E-state index in [1.54, 1.807) is 0 Å². The Hall–Kier alpha value is -1.00. The number of benzene rings is 1. The van der Waals surface area contributed by atoms with Crippen LogP contribution in [0.3, 0.4) is 0 Å². The van der Waals surface area contributed by atoms with Crippen LogP contribution in [0.5, 0.6) is 0 Å². The van der Waals surface area contributed by atoms with E-state index in [1.807, 2.05) is 11.8 Å². The zero-order chi connectivity index (χ0) is 14.7. The molecule has 1 saturated carbocycles. The first-order valence-electron chi connectivity index (χ1n) is 7.91. The zero-order valence-corrected chi connectivity index (χ0v) is 13.4. The van der Waals surface area contributed by atoms with E-state index in [4.69, 9.17) is 0 Å². The van der Waals surface area contributed by atoms with Crippen molar-refractivity contribution >= 4 is 17.7 Å². The molecule has 0 radical (unpaired) electrons. The van der Waals surface area contributed by atoms with E-state index in [9.17, 15) is 4.79 Å². The van der Waals surface area contributed by atoms with Crippen LogP contribution in [0, 0.1) is 0 Å². The highest BCUT2D eigenvalue weighted by atomic mass is 32.2. The summed E-state index contributed by atoms with van der Waals surface area (Å²) in [6.45, 7) is 0.797. The molecular weight excluding hydrogens is 280 g/mol. The molecule has 1 heterocycles. The number of nitrogens with one attached hydrogen (secondary N) is 2. The first-order valence-corrected chi connectivity index (χ1v) is 9.20. The predicted octanol–water partition coefficient (Wildman–Crippen LogP) is 2.49. The highest BCUT2D eigenvalue weighted by Crippen LogP contribution is 2.27. The molecule has 3 rings (SSSR count). The Morgan fingerprint density at radius 3 is 2.81 bits per heavy atom. The second kappa shape index (κ2) is 6.84.